The van der Waals surface area contributed by atoms with Gasteiger partial charge < -0.3 is 21.1 Å². The number of benzene rings is 1. The number of nitrogen functional groups attached to an aromatic ring is 1. The molecule has 2 aliphatic rings. The lowest BCUT2D eigenvalue weighted by Crippen LogP contribution is -2.47. The van der Waals surface area contributed by atoms with E-state index in [1.807, 2.05) is 0 Å². The van der Waals surface area contributed by atoms with Crippen molar-refractivity contribution in [2.24, 2.45) is 11.7 Å². The first-order valence-corrected chi connectivity index (χ1v) is 9.52. The second-order valence-electron chi connectivity index (χ2n) is 7.85. The molecular weight excluding hydrogens is 429 g/mol. The van der Waals surface area contributed by atoms with Crippen molar-refractivity contribution in [2.75, 3.05) is 30.8 Å². The van der Waals surface area contributed by atoms with Crippen LogP contribution in [0.4, 0.5) is 33.3 Å². The second kappa shape index (κ2) is 7.11. The van der Waals surface area contributed by atoms with E-state index >= 15 is 4.39 Å². The van der Waals surface area contributed by atoms with Crippen molar-refractivity contribution in [2.45, 2.75) is 37.3 Å². The van der Waals surface area contributed by atoms with E-state index in [1.54, 1.807) is 0 Å². The summed E-state index contributed by atoms with van der Waals surface area (Å²) < 4.78 is 75.4. The summed E-state index contributed by atoms with van der Waals surface area (Å²) in [5, 5.41) is -0.316. The molecule has 5 N–H and O–H groups in total. The van der Waals surface area contributed by atoms with Crippen LogP contribution in [-0.4, -0.2) is 48.1 Å². The van der Waals surface area contributed by atoms with Gasteiger partial charge in [0, 0.05) is 25.0 Å². The van der Waals surface area contributed by atoms with Gasteiger partial charge in [-0.3, -0.25) is 14.3 Å². The zero-order chi connectivity index (χ0) is 22.8. The molecule has 3 unspecified atom stereocenters. The van der Waals surface area contributed by atoms with E-state index in [0.717, 1.165) is 12.0 Å². The SMILES string of the molecule is COc1c(N2CC(F)C(C(N)C(F)(F)F)C2)c(F)c(N)c2c(=O)[nH]c(=O)n(C3CC3)c12. The van der Waals surface area contributed by atoms with E-state index < -0.39 is 65.8 Å². The van der Waals surface area contributed by atoms with Gasteiger partial charge in [-0.15, -0.1) is 0 Å². The number of rotatable bonds is 4. The number of hydrogen-bond donors (Lipinski definition) is 3. The van der Waals surface area contributed by atoms with Crippen LogP contribution in [0, 0.1) is 11.7 Å². The van der Waals surface area contributed by atoms with E-state index in [-0.39, 0.29) is 22.7 Å². The number of nitrogens with two attached hydrogens (primary N) is 2. The summed E-state index contributed by atoms with van der Waals surface area (Å²) in [5.41, 5.74) is 8.27. The molecule has 13 heteroatoms. The minimum atomic E-state index is -4.84. The average molecular weight is 449 g/mol. The number of hydrogen-bond acceptors (Lipinski definition) is 6. The lowest BCUT2D eigenvalue weighted by atomic mass is 9.98. The van der Waals surface area contributed by atoms with Crippen molar-refractivity contribution in [3.05, 3.63) is 26.7 Å². The van der Waals surface area contributed by atoms with Crippen molar-refractivity contribution < 1.29 is 26.7 Å². The topological polar surface area (TPSA) is 119 Å². The highest BCUT2D eigenvalue weighted by atomic mass is 19.4. The summed E-state index contributed by atoms with van der Waals surface area (Å²) >= 11 is 0. The molecule has 1 aliphatic heterocycles. The first kappa shape index (κ1) is 21.4. The molecule has 170 valence electrons. The van der Waals surface area contributed by atoms with Gasteiger partial charge in [0.15, 0.2) is 11.6 Å². The number of methoxy groups -OCH3 is 1. The molecule has 2 heterocycles. The average Bonchev–Trinajstić information content (AvgIpc) is 3.44. The monoisotopic (exact) mass is 449 g/mol. The lowest BCUT2D eigenvalue weighted by Gasteiger charge is -2.26. The van der Waals surface area contributed by atoms with Crippen molar-refractivity contribution >= 4 is 22.3 Å². The molecule has 1 saturated heterocycles. The molecule has 8 nitrogen and oxygen atoms in total. The van der Waals surface area contributed by atoms with Gasteiger partial charge in [0.25, 0.3) is 5.56 Å². The van der Waals surface area contributed by atoms with E-state index in [9.17, 15) is 27.2 Å². The van der Waals surface area contributed by atoms with Gasteiger partial charge in [-0.05, 0) is 12.8 Å². The van der Waals surface area contributed by atoms with Crippen LogP contribution in [0.1, 0.15) is 18.9 Å². The van der Waals surface area contributed by atoms with E-state index in [1.165, 1.54) is 4.57 Å². The fraction of sp³-hybridized carbons (Fsp3) is 0.556. The zero-order valence-corrected chi connectivity index (χ0v) is 16.3. The van der Waals surface area contributed by atoms with Gasteiger partial charge in [-0.25, -0.2) is 13.6 Å². The number of nitrogens with zero attached hydrogens (tertiary/aromatic N) is 2. The number of halogens is 5. The normalized spacial score (nSPS) is 22.9. The molecule has 4 rings (SSSR count). The van der Waals surface area contributed by atoms with Gasteiger partial charge in [-0.1, -0.05) is 0 Å². The zero-order valence-electron chi connectivity index (χ0n) is 16.3. The fourth-order valence-corrected chi connectivity index (χ4v) is 4.18. The van der Waals surface area contributed by atoms with Crippen LogP contribution in [-0.2, 0) is 0 Å². The number of alkyl halides is 4. The highest BCUT2D eigenvalue weighted by Gasteiger charge is 2.49. The van der Waals surface area contributed by atoms with Crippen LogP contribution in [0.5, 0.6) is 5.75 Å². The Morgan fingerprint density at radius 1 is 1.23 bits per heavy atom. The molecule has 1 aromatic heterocycles. The van der Waals surface area contributed by atoms with Gasteiger partial charge in [0.2, 0.25) is 0 Å². The van der Waals surface area contributed by atoms with Crippen LogP contribution >= 0.6 is 0 Å². The molecule has 2 fully saturated rings. The Morgan fingerprint density at radius 2 is 1.87 bits per heavy atom. The Bertz CT molecular complexity index is 1160. The standard InChI is InChI=1S/C18H20F5N5O3/c1-31-14-12-9(16(29)26-17(30)28(12)6-2-3-6)11(24)10(20)13(14)27-4-7(8(19)5-27)15(25)18(21,22)23/h6-8,15H,2-5,24-25H2,1H3,(H,26,29,30). The maximum absolute atomic E-state index is 15.3. The molecule has 0 bridgehead atoms. The summed E-state index contributed by atoms with van der Waals surface area (Å²) in [5.74, 6) is -3.07. The van der Waals surface area contributed by atoms with Crippen LogP contribution in [0.15, 0.2) is 9.59 Å². The summed E-state index contributed by atoms with van der Waals surface area (Å²) in [6.07, 6.45) is -5.59. The molecule has 0 spiro atoms. The van der Waals surface area contributed by atoms with Crippen molar-refractivity contribution in [3.8, 4) is 5.75 Å². The van der Waals surface area contributed by atoms with Gasteiger partial charge >= 0.3 is 11.9 Å². The van der Waals surface area contributed by atoms with Crippen molar-refractivity contribution in [1.29, 1.82) is 0 Å². The van der Waals surface area contributed by atoms with E-state index in [2.05, 4.69) is 4.98 Å². The summed E-state index contributed by atoms with van der Waals surface area (Å²) in [4.78, 5) is 27.9. The number of aromatic nitrogens is 2. The molecule has 1 aliphatic carbocycles. The minimum Gasteiger partial charge on any atom is -0.492 e. The van der Waals surface area contributed by atoms with Gasteiger partial charge in [0.05, 0.1) is 18.2 Å². The fourth-order valence-electron chi connectivity index (χ4n) is 4.18. The smallest absolute Gasteiger partial charge is 0.404 e. The minimum absolute atomic E-state index is 0.0772. The maximum atomic E-state index is 15.3. The Balaban J connectivity index is 1.94. The maximum Gasteiger partial charge on any atom is 0.404 e. The first-order chi connectivity index (χ1) is 14.5. The van der Waals surface area contributed by atoms with Crippen molar-refractivity contribution in [1.82, 2.24) is 9.55 Å². The van der Waals surface area contributed by atoms with Gasteiger partial charge in [-0.2, -0.15) is 13.2 Å². The summed E-state index contributed by atoms with van der Waals surface area (Å²) in [6, 6.07) is -2.73. The van der Waals surface area contributed by atoms with Gasteiger partial charge in [0.1, 0.15) is 23.4 Å². The second-order valence-corrected chi connectivity index (χ2v) is 7.85. The lowest BCUT2D eigenvalue weighted by molar-refractivity contribution is -0.161. The molecule has 3 atom stereocenters. The molecule has 0 radical (unpaired) electrons. The number of nitrogens with one attached hydrogen (secondary N) is 1. The number of aromatic amines is 1. The number of ether oxygens (including phenoxy) is 1. The van der Waals surface area contributed by atoms with E-state index in [0.29, 0.717) is 12.8 Å². The van der Waals surface area contributed by atoms with Crippen LogP contribution < -0.4 is 32.4 Å². The Kier molecular flexibility index (Phi) is 4.91. The molecule has 0 amide bonds. The molecule has 2 aromatic rings. The number of anilines is 2. The number of H-pyrrole nitrogens is 1. The Morgan fingerprint density at radius 3 is 2.42 bits per heavy atom. The molecule has 1 aromatic carbocycles. The third-order valence-corrected chi connectivity index (χ3v) is 5.85. The third kappa shape index (κ3) is 3.30. The first-order valence-electron chi connectivity index (χ1n) is 9.52. The Hall–Kier alpha value is -2.83. The summed E-state index contributed by atoms with van der Waals surface area (Å²) in [7, 11) is 1.15. The van der Waals surface area contributed by atoms with Crippen LogP contribution in [0.3, 0.4) is 0 Å². The van der Waals surface area contributed by atoms with Crippen LogP contribution in [0.2, 0.25) is 0 Å². The molecule has 1 saturated carbocycles. The van der Waals surface area contributed by atoms with E-state index in [4.69, 9.17) is 16.2 Å². The predicted molar refractivity (Wildman–Crippen MR) is 103 cm³/mol. The third-order valence-electron chi connectivity index (χ3n) is 5.85. The largest absolute Gasteiger partial charge is 0.492 e. The van der Waals surface area contributed by atoms with Crippen molar-refractivity contribution in [3.63, 3.8) is 0 Å². The highest BCUT2D eigenvalue weighted by molar-refractivity contribution is 5.99. The Labute approximate surface area is 171 Å². The molecule has 31 heavy (non-hydrogen) atoms. The summed E-state index contributed by atoms with van der Waals surface area (Å²) in [6.45, 7) is -1.15. The molecular formula is C18H20F5N5O3. The quantitative estimate of drug-likeness (QED) is 0.480. The number of fused-ring (bicyclic) bond motifs is 1. The van der Waals surface area contributed by atoms with Crippen LogP contribution in [0.25, 0.3) is 10.9 Å². The highest BCUT2D eigenvalue weighted by Crippen LogP contribution is 2.46. The predicted octanol–water partition coefficient (Wildman–Crippen LogP) is 1.42.